The van der Waals surface area contributed by atoms with Crippen LogP contribution in [-0.2, 0) is 9.53 Å². The van der Waals surface area contributed by atoms with E-state index in [9.17, 15) is 4.79 Å². The van der Waals surface area contributed by atoms with E-state index in [-0.39, 0.29) is 5.91 Å². The number of hydrogen-bond acceptors (Lipinski definition) is 4. The Morgan fingerprint density at radius 1 is 1.30 bits per heavy atom. The zero-order chi connectivity index (χ0) is 17.1. The van der Waals surface area contributed by atoms with Crippen LogP contribution in [0.25, 0.3) is 0 Å². The maximum absolute atomic E-state index is 11.6. The van der Waals surface area contributed by atoms with Crippen molar-refractivity contribution in [3.05, 3.63) is 28.8 Å². The Hall–Kier alpha value is -1.57. The van der Waals surface area contributed by atoms with Crippen molar-refractivity contribution in [1.82, 2.24) is 16.2 Å². The molecule has 23 heavy (non-hydrogen) atoms. The Morgan fingerprint density at radius 2 is 2.09 bits per heavy atom. The van der Waals surface area contributed by atoms with E-state index in [2.05, 4.69) is 16.2 Å². The molecule has 0 atom stereocenters. The molecule has 0 bridgehead atoms. The summed E-state index contributed by atoms with van der Waals surface area (Å²) in [6.45, 7) is 3.49. The first-order chi connectivity index (χ1) is 11.0. The van der Waals surface area contributed by atoms with Crippen LogP contribution >= 0.6 is 23.8 Å². The molecule has 0 aromatic heterocycles. The molecule has 0 aliphatic heterocycles. The predicted octanol–water partition coefficient (Wildman–Crippen LogP) is 1.95. The molecule has 0 radical (unpaired) electrons. The Balaban J connectivity index is 2.13. The maximum Gasteiger partial charge on any atom is 0.238 e. The topological polar surface area (TPSA) is 71.6 Å². The summed E-state index contributed by atoms with van der Waals surface area (Å²) in [7, 11) is 1.60. The molecule has 1 amide bonds. The third-order valence-electron chi connectivity index (χ3n) is 2.85. The average Bonchev–Trinajstić information content (AvgIpc) is 2.51. The Kier molecular flexibility index (Phi) is 9.35. The van der Waals surface area contributed by atoms with Crippen LogP contribution in [-0.4, -0.2) is 37.9 Å². The molecule has 0 fully saturated rings. The number of carbonyl (C=O) groups excluding carboxylic acids is 1. The van der Waals surface area contributed by atoms with Crippen LogP contribution in [0.2, 0.25) is 5.02 Å². The number of amides is 1. The summed E-state index contributed by atoms with van der Waals surface area (Å²) in [5, 5.41) is 3.91. The van der Waals surface area contributed by atoms with Crippen molar-refractivity contribution in [3.8, 4) is 5.75 Å². The first-order valence-electron chi connectivity index (χ1n) is 7.23. The van der Waals surface area contributed by atoms with Gasteiger partial charge in [0.15, 0.2) is 5.11 Å². The minimum atomic E-state index is -0.155. The molecule has 8 heteroatoms. The van der Waals surface area contributed by atoms with E-state index in [0.29, 0.717) is 42.7 Å². The Morgan fingerprint density at radius 3 is 2.78 bits per heavy atom. The monoisotopic (exact) mass is 359 g/mol. The summed E-state index contributed by atoms with van der Waals surface area (Å²) >= 11 is 10.9. The van der Waals surface area contributed by atoms with Gasteiger partial charge in [0, 0.05) is 25.1 Å². The first-order valence-corrected chi connectivity index (χ1v) is 8.02. The second-order valence-corrected chi connectivity index (χ2v) is 5.63. The van der Waals surface area contributed by atoms with Gasteiger partial charge in [-0.25, -0.2) is 0 Å². The number of carbonyl (C=O) groups is 1. The smallest absolute Gasteiger partial charge is 0.238 e. The summed E-state index contributed by atoms with van der Waals surface area (Å²) in [5.41, 5.74) is 6.11. The second-order valence-electron chi connectivity index (χ2n) is 4.78. The van der Waals surface area contributed by atoms with Crippen LogP contribution in [0.15, 0.2) is 18.2 Å². The fourth-order valence-corrected chi connectivity index (χ4v) is 2.07. The molecule has 0 aliphatic rings. The quantitative estimate of drug-likeness (QED) is 0.374. The van der Waals surface area contributed by atoms with E-state index in [1.165, 1.54) is 0 Å². The average molecular weight is 360 g/mol. The summed E-state index contributed by atoms with van der Waals surface area (Å²) in [6, 6.07) is 5.44. The van der Waals surface area contributed by atoms with Gasteiger partial charge in [0.25, 0.3) is 0 Å². The van der Waals surface area contributed by atoms with Gasteiger partial charge in [0.05, 0.1) is 13.2 Å². The Labute approximate surface area is 146 Å². The maximum atomic E-state index is 11.6. The van der Waals surface area contributed by atoms with Crippen molar-refractivity contribution in [2.75, 3.05) is 26.9 Å². The molecule has 0 heterocycles. The van der Waals surface area contributed by atoms with Crippen LogP contribution in [0.5, 0.6) is 5.75 Å². The highest BCUT2D eigenvalue weighted by Crippen LogP contribution is 2.21. The van der Waals surface area contributed by atoms with E-state index in [1.807, 2.05) is 19.1 Å². The molecule has 128 valence electrons. The van der Waals surface area contributed by atoms with Gasteiger partial charge in [-0.3, -0.25) is 15.6 Å². The molecular weight excluding hydrogens is 338 g/mol. The summed E-state index contributed by atoms with van der Waals surface area (Å²) in [4.78, 5) is 11.6. The lowest BCUT2D eigenvalue weighted by Crippen LogP contribution is -2.47. The number of thiocarbonyl (C=S) groups is 1. The van der Waals surface area contributed by atoms with Crippen molar-refractivity contribution < 1.29 is 14.3 Å². The number of rotatable bonds is 8. The van der Waals surface area contributed by atoms with Gasteiger partial charge in [-0.2, -0.15) is 0 Å². The van der Waals surface area contributed by atoms with Crippen LogP contribution < -0.4 is 20.9 Å². The van der Waals surface area contributed by atoms with E-state index >= 15 is 0 Å². The van der Waals surface area contributed by atoms with E-state index < -0.39 is 0 Å². The molecule has 0 unspecified atom stereocenters. The fourth-order valence-electron chi connectivity index (χ4n) is 1.69. The third-order valence-corrected chi connectivity index (χ3v) is 3.33. The van der Waals surface area contributed by atoms with Crippen LogP contribution in [0.3, 0.4) is 0 Å². The van der Waals surface area contributed by atoms with Crippen molar-refractivity contribution in [3.63, 3.8) is 0 Å². The number of methoxy groups -OCH3 is 1. The molecule has 0 saturated carbocycles. The lowest BCUT2D eigenvalue weighted by molar-refractivity contribution is -0.121. The zero-order valence-electron chi connectivity index (χ0n) is 13.3. The highest BCUT2D eigenvalue weighted by molar-refractivity contribution is 7.80. The molecule has 1 aromatic carbocycles. The van der Waals surface area contributed by atoms with Gasteiger partial charge >= 0.3 is 0 Å². The standard InChI is InChI=1S/C15H22ClN3O3S/c1-11-10-12(16)5-6-13(11)22-8-3-4-14(20)18-19-15(23)17-7-9-21-2/h5-6,10H,3-4,7-9H2,1-2H3,(H,18,20)(H2,17,19,23). The number of ether oxygens (including phenoxy) is 2. The van der Waals surface area contributed by atoms with Crippen molar-refractivity contribution in [2.45, 2.75) is 19.8 Å². The van der Waals surface area contributed by atoms with Gasteiger partial charge in [-0.05, 0) is 49.3 Å². The van der Waals surface area contributed by atoms with Gasteiger partial charge in [0.2, 0.25) is 5.91 Å². The normalized spacial score (nSPS) is 10.0. The van der Waals surface area contributed by atoms with E-state index in [4.69, 9.17) is 33.3 Å². The molecule has 6 nitrogen and oxygen atoms in total. The van der Waals surface area contributed by atoms with Crippen molar-refractivity contribution in [2.24, 2.45) is 0 Å². The second kappa shape index (κ2) is 11.0. The SMILES string of the molecule is COCCNC(=S)NNC(=O)CCCOc1ccc(Cl)cc1C. The number of hydrogen-bond donors (Lipinski definition) is 3. The van der Waals surface area contributed by atoms with Crippen LogP contribution in [0.4, 0.5) is 0 Å². The van der Waals surface area contributed by atoms with Gasteiger partial charge in [-0.1, -0.05) is 11.6 Å². The van der Waals surface area contributed by atoms with Crippen molar-refractivity contribution in [1.29, 1.82) is 0 Å². The lowest BCUT2D eigenvalue weighted by Gasteiger charge is -2.12. The number of halogens is 1. The molecular formula is C15H22ClN3O3S. The van der Waals surface area contributed by atoms with Gasteiger partial charge in [-0.15, -0.1) is 0 Å². The highest BCUT2D eigenvalue weighted by atomic mass is 35.5. The predicted molar refractivity (Wildman–Crippen MR) is 94.7 cm³/mol. The summed E-state index contributed by atoms with van der Waals surface area (Å²) < 4.78 is 10.5. The molecule has 1 rings (SSSR count). The summed E-state index contributed by atoms with van der Waals surface area (Å²) in [5.74, 6) is 0.619. The van der Waals surface area contributed by atoms with Gasteiger partial charge in [0.1, 0.15) is 5.75 Å². The molecule has 1 aromatic rings. The van der Waals surface area contributed by atoms with E-state index in [1.54, 1.807) is 13.2 Å². The molecule has 3 N–H and O–H groups in total. The number of hydrazine groups is 1. The largest absolute Gasteiger partial charge is 0.493 e. The van der Waals surface area contributed by atoms with Gasteiger partial charge < -0.3 is 14.8 Å². The number of aryl methyl sites for hydroxylation is 1. The fraction of sp³-hybridized carbons (Fsp3) is 0.467. The molecule has 0 saturated heterocycles. The minimum Gasteiger partial charge on any atom is -0.493 e. The summed E-state index contributed by atoms with van der Waals surface area (Å²) in [6.07, 6.45) is 0.930. The zero-order valence-corrected chi connectivity index (χ0v) is 14.9. The minimum absolute atomic E-state index is 0.155. The molecule has 0 spiro atoms. The van der Waals surface area contributed by atoms with Crippen LogP contribution in [0.1, 0.15) is 18.4 Å². The van der Waals surface area contributed by atoms with Crippen molar-refractivity contribution >= 4 is 34.8 Å². The third kappa shape index (κ3) is 8.59. The lowest BCUT2D eigenvalue weighted by atomic mass is 10.2. The first kappa shape index (κ1) is 19.5. The number of benzene rings is 1. The Bertz CT molecular complexity index is 529. The van der Waals surface area contributed by atoms with E-state index in [0.717, 1.165) is 11.3 Å². The van der Waals surface area contributed by atoms with Crippen LogP contribution in [0, 0.1) is 6.92 Å². The highest BCUT2D eigenvalue weighted by Gasteiger charge is 2.04. The molecule has 0 aliphatic carbocycles. The number of nitrogens with one attached hydrogen (secondary N) is 3.